The van der Waals surface area contributed by atoms with Crippen molar-refractivity contribution in [2.24, 2.45) is 5.92 Å². The van der Waals surface area contributed by atoms with Crippen LogP contribution < -0.4 is 4.90 Å². The van der Waals surface area contributed by atoms with Crippen molar-refractivity contribution in [2.75, 3.05) is 11.4 Å². The Morgan fingerprint density at radius 2 is 2.06 bits per heavy atom. The summed E-state index contributed by atoms with van der Waals surface area (Å²) in [7, 11) is 0. The Labute approximate surface area is 96.3 Å². The first-order valence-corrected chi connectivity index (χ1v) is 6.18. The molecule has 0 amide bonds. The van der Waals surface area contributed by atoms with E-state index in [1.807, 2.05) is 0 Å². The largest absolute Gasteiger partial charge is 0.361 e. The molecule has 0 bridgehead atoms. The highest BCUT2D eigenvalue weighted by Gasteiger charge is 2.31. The molecule has 1 aromatic rings. The van der Waals surface area contributed by atoms with Gasteiger partial charge in [-0.3, -0.25) is 0 Å². The number of benzene rings is 1. The van der Waals surface area contributed by atoms with Gasteiger partial charge in [-0.25, -0.2) is 0 Å². The molecule has 84 valence electrons. The van der Waals surface area contributed by atoms with E-state index in [1.54, 1.807) is 0 Å². The summed E-state index contributed by atoms with van der Waals surface area (Å²) in [5.74, 6) is 0.827. The van der Waals surface area contributed by atoms with E-state index >= 15 is 0 Å². The molecule has 0 spiro atoms. The van der Waals surface area contributed by atoms with Gasteiger partial charge in [0.1, 0.15) is 6.29 Å². The monoisotopic (exact) mass is 215 g/mol. The molecule has 16 heavy (non-hydrogen) atoms. The Kier molecular flexibility index (Phi) is 2.43. The summed E-state index contributed by atoms with van der Waals surface area (Å²) in [5, 5.41) is 0. The number of anilines is 1. The lowest BCUT2D eigenvalue weighted by molar-refractivity contribution is -0.109. The van der Waals surface area contributed by atoms with Crippen LogP contribution in [0.5, 0.6) is 0 Å². The highest BCUT2D eigenvalue weighted by molar-refractivity contribution is 5.70. The molecule has 1 atom stereocenters. The van der Waals surface area contributed by atoms with Crippen LogP contribution in [-0.2, 0) is 11.2 Å². The molecule has 0 saturated heterocycles. The number of hydrogen-bond acceptors (Lipinski definition) is 2. The summed E-state index contributed by atoms with van der Waals surface area (Å²) in [6.45, 7) is 1.07. The molecule has 1 unspecified atom stereocenters. The SMILES string of the molecule is O=CC1CCc2ccccc2N1CC1CC1. The van der Waals surface area contributed by atoms with Gasteiger partial charge in [0.05, 0.1) is 6.04 Å². The molecular formula is C14H17NO. The minimum Gasteiger partial charge on any atom is -0.361 e. The summed E-state index contributed by atoms with van der Waals surface area (Å²) in [6, 6.07) is 8.63. The quantitative estimate of drug-likeness (QED) is 0.722. The van der Waals surface area contributed by atoms with Crippen molar-refractivity contribution < 1.29 is 4.79 Å². The van der Waals surface area contributed by atoms with Crippen LogP contribution >= 0.6 is 0 Å². The highest BCUT2D eigenvalue weighted by Crippen LogP contribution is 2.36. The second-order valence-electron chi connectivity index (χ2n) is 4.97. The zero-order chi connectivity index (χ0) is 11.0. The molecule has 2 heteroatoms. The summed E-state index contributed by atoms with van der Waals surface area (Å²) in [4.78, 5) is 13.5. The third-order valence-corrected chi connectivity index (χ3v) is 3.72. The summed E-state index contributed by atoms with van der Waals surface area (Å²) in [5.41, 5.74) is 2.69. The van der Waals surface area contributed by atoms with Crippen LogP contribution in [0.1, 0.15) is 24.8 Å². The number of carbonyl (C=O) groups is 1. The van der Waals surface area contributed by atoms with Crippen molar-refractivity contribution in [3.63, 3.8) is 0 Å². The predicted molar refractivity (Wildman–Crippen MR) is 64.7 cm³/mol. The second kappa shape index (κ2) is 3.93. The van der Waals surface area contributed by atoms with Gasteiger partial charge in [-0.2, -0.15) is 0 Å². The van der Waals surface area contributed by atoms with Gasteiger partial charge in [0, 0.05) is 12.2 Å². The fourth-order valence-electron chi connectivity index (χ4n) is 2.59. The fourth-order valence-corrected chi connectivity index (χ4v) is 2.59. The van der Waals surface area contributed by atoms with E-state index in [2.05, 4.69) is 29.2 Å². The molecular weight excluding hydrogens is 198 g/mol. The van der Waals surface area contributed by atoms with Crippen LogP contribution in [-0.4, -0.2) is 18.9 Å². The normalized spacial score (nSPS) is 24.0. The number of rotatable bonds is 3. The Morgan fingerprint density at radius 3 is 2.81 bits per heavy atom. The molecule has 1 heterocycles. The molecule has 1 saturated carbocycles. The number of carbonyl (C=O) groups excluding carboxylic acids is 1. The average molecular weight is 215 g/mol. The van der Waals surface area contributed by atoms with E-state index in [9.17, 15) is 4.79 Å². The molecule has 1 fully saturated rings. The lowest BCUT2D eigenvalue weighted by Gasteiger charge is -2.36. The summed E-state index contributed by atoms with van der Waals surface area (Å²) < 4.78 is 0. The van der Waals surface area contributed by atoms with Gasteiger partial charge in [-0.15, -0.1) is 0 Å². The van der Waals surface area contributed by atoms with Gasteiger partial charge in [0.2, 0.25) is 0 Å². The van der Waals surface area contributed by atoms with Crippen LogP contribution in [0, 0.1) is 5.92 Å². The van der Waals surface area contributed by atoms with Crippen LogP contribution in [0.4, 0.5) is 5.69 Å². The predicted octanol–water partition coefficient (Wildman–Crippen LogP) is 2.42. The zero-order valence-corrected chi connectivity index (χ0v) is 9.43. The maximum atomic E-state index is 11.1. The molecule has 0 N–H and O–H groups in total. The van der Waals surface area contributed by atoms with Crippen LogP contribution in [0.15, 0.2) is 24.3 Å². The summed E-state index contributed by atoms with van der Waals surface area (Å²) in [6.07, 6.45) is 5.82. The lowest BCUT2D eigenvalue weighted by Crippen LogP contribution is -2.41. The molecule has 3 rings (SSSR count). The first-order chi connectivity index (χ1) is 7.88. The fraction of sp³-hybridized carbons (Fsp3) is 0.500. The molecule has 1 aromatic carbocycles. The van der Waals surface area contributed by atoms with Gasteiger partial charge in [0.25, 0.3) is 0 Å². The van der Waals surface area contributed by atoms with Crippen molar-refractivity contribution >= 4 is 12.0 Å². The number of aryl methyl sites for hydroxylation is 1. The number of nitrogens with zero attached hydrogens (tertiary/aromatic N) is 1. The van der Waals surface area contributed by atoms with Gasteiger partial charge in [-0.1, -0.05) is 18.2 Å². The smallest absolute Gasteiger partial charge is 0.142 e. The van der Waals surface area contributed by atoms with Gasteiger partial charge in [0.15, 0.2) is 0 Å². The van der Waals surface area contributed by atoms with Gasteiger partial charge >= 0.3 is 0 Å². The minimum atomic E-state index is 0.107. The summed E-state index contributed by atoms with van der Waals surface area (Å²) >= 11 is 0. The van der Waals surface area contributed by atoms with Crippen molar-refractivity contribution in [1.82, 2.24) is 0 Å². The van der Waals surface area contributed by atoms with E-state index in [-0.39, 0.29) is 6.04 Å². The zero-order valence-electron chi connectivity index (χ0n) is 9.43. The Morgan fingerprint density at radius 1 is 1.25 bits per heavy atom. The van der Waals surface area contributed by atoms with Crippen molar-refractivity contribution in [3.8, 4) is 0 Å². The molecule has 1 aliphatic heterocycles. The van der Waals surface area contributed by atoms with E-state index in [4.69, 9.17) is 0 Å². The number of aldehydes is 1. The van der Waals surface area contributed by atoms with Crippen LogP contribution in [0.2, 0.25) is 0 Å². The molecule has 1 aliphatic carbocycles. The van der Waals surface area contributed by atoms with Crippen LogP contribution in [0.25, 0.3) is 0 Å². The maximum absolute atomic E-state index is 11.1. The highest BCUT2D eigenvalue weighted by atomic mass is 16.1. The number of hydrogen-bond donors (Lipinski definition) is 0. The molecule has 0 aromatic heterocycles. The number of para-hydroxylation sites is 1. The van der Waals surface area contributed by atoms with Crippen molar-refractivity contribution in [1.29, 1.82) is 0 Å². The number of fused-ring (bicyclic) bond motifs is 1. The third kappa shape index (κ3) is 1.73. The Bertz CT molecular complexity index is 397. The molecule has 2 nitrogen and oxygen atoms in total. The molecule has 0 radical (unpaired) electrons. The van der Waals surface area contributed by atoms with E-state index in [0.29, 0.717) is 0 Å². The maximum Gasteiger partial charge on any atom is 0.142 e. The van der Waals surface area contributed by atoms with E-state index < -0.39 is 0 Å². The van der Waals surface area contributed by atoms with Crippen LogP contribution in [0.3, 0.4) is 0 Å². The minimum absolute atomic E-state index is 0.107. The van der Waals surface area contributed by atoms with Crippen molar-refractivity contribution in [2.45, 2.75) is 31.7 Å². The van der Waals surface area contributed by atoms with Gasteiger partial charge < -0.3 is 9.69 Å². The second-order valence-corrected chi connectivity index (χ2v) is 4.97. The Balaban J connectivity index is 1.92. The first kappa shape index (κ1) is 9.88. The standard InChI is InChI=1S/C14H17NO/c16-10-13-8-7-12-3-1-2-4-14(12)15(13)9-11-5-6-11/h1-4,10-11,13H,5-9H2. The van der Waals surface area contributed by atoms with Gasteiger partial charge in [-0.05, 0) is 43.2 Å². The molecule has 2 aliphatic rings. The van der Waals surface area contributed by atoms with E-state index in [0.717, 1.165) is 31.6 Å². The topological polar surface area (TPSA) is 20.3 Å². The first-order valence-electron chi connectivity index (χ1n) is 6.18. The third-order valence-electron chi connectivity index (χ3n) is 3.72. The van der Waals surface area contributed by atoms with E-state index in [1.165, 1.54) is 24.1 Å². The average Bonchev–Trinajstić information content (AvgIpc) is 3.13. The van der Waals surface area contributed by atoms with Crippen molar-refractivity contribution in [3.05, 3.63) is 29.8 Å². The lowest BCUT2D eigenvalue weighted by atomic mass is 9.96. The Hall–Kier alpha value is -1.31.